The molecule has 1 heterocycles. The summed E-state index contributed by atoms with van der Waals surface area (Å²) in [5.41, 5.74) is 1.09. The van der Waals surface area contributed by atoms with E-state index in [9.17, 15) is 9.59 Å². The number of morpholine rings is 1. The predicted molar refractivity (Wildman–Crippen MR) is 86.3 cm³/mol. The first-order valence-electron chi connectivity index (χ1n) is 7.87. The van der Waals surface area contributed by atoms with Gasteiger partial charge in [-0.05, 0) is 38.0 Å². The van der Waals surface area contributed by atoms with Crippen LogP contribution in [0.25, 0.3) is 0 Å². The van der Waals surface area contributed by atoms with E-state index in [1.165, 1.54) is 4.90 Å². The molecular formula is C17H24N2O4. The van der Waals surface area contributed by atoms with Gasteiger partial charge in [0.1, 0.15) is 5.75 Å². The molecule has 23 heavy (non-hydrogen) atoms. The van der Waals surface area contributed by atoms with Crippen molar-refractivity contribution < 1.29 is 19.1 Å². The maximum atomic E-state index is 12.0. The second-order valence-electron chi connectivity index (χ2n) is 5.86. The average molecular weight is 320 g/mol. The average Bonchev–Trinajstić information content (AvgIpc) is 2.51. The summed E-state index contributed by atoms with van der Waals surface area (Å²) in [6.45, 7) is 5.33. The lowest BCUT2D eigenvalue weighted by Crippen LogP contribution is -2.52. The van der Waals surface area contributed by atoms with Gasteiger partial charge in [-0.1, -0.05) is 12.1 Å². The van der Waals surface area contributed by atoms with Crippen LogP contribution in [0.1, 0.15) is 19.4 Å². The Morgan fingerprint density at radius 2 is 2.09 bits per heavy atom. The number of nitrogens with one attached hydrogen (secondary N) is 1. The molecule has 0 spiro atoms. The first kappa shape index (κ1) is 17.3. The summed E-state index contributed by atoms with van der Waals surface area (Å²) >= 11 is 0. The molecule has 0 aromatic heterocycles. The van der Waals surface area contributed by atoms with Crippen molar-refractivity contribution in [2.24, 2.45) is 0 Å². The van der Waals surface area contributed by atoms with Crippen molar-refractivity contribution in [1.82, 2.24) is 10.2 Å². The minimum absolute atomic E-state index is 0.145. The Hall–Kier alpha value is -2.08. The van der Waals surface area contributed by atoms with E-state index in [1.54, 1.807) is 7.05 Å². The fourth-order valence-electron chi connectivity index (χ4n) is 2.31. The van der Waals surface area contributed by atoms with Crippen LogP contribution in [0.2, 0.25) is 0 Å². The summed E-state index contributed by atoms with van der Waals surface area (Å²) in [7, 11) is 1.67. The van der Waals surface area contributed by atoms with Crippen molar-refractivity contribution in [2.45, 2.75) is 32.5 Å². The Morgan fingerprint density at radius 1 is 1.39 bits per heavy atom. The first-order chi connectivity index (χ1) is 11.0. The van der Waals surface area contributed by atoms with Crippen LogP contribution in [0, 0.1) is 0 Å². The van der Waals surface area contributed by atoms with Crippen LogP contribution in [0.4, 0.5) is 0 Å². The molecule has 0 saturated carbocycles. The Kier molecular flexibility index (Phi) is 5.98. The lowest BCUT2D eigenvalue weighted by Gasteiger charge is -2.28. The molecule has 1 aliphatic rings. The molecule has 1 unspecified atom stereocenters. The molecule has 2 rings (SSSR count). The van der Waals surface area contributed by atoms with Crippen LogP contribution < -0.4 is 10.1 Å². The van der Waals surface area contributed by atoms with Crippen molar-refractivity contribution in [1.29, 1.82) is 0 Å². The minimum atomic E-state index is -1.02. The highest BCUT2D eigenvalue weighted by atomic mass is 16.5. The van der Waals surface area contributed by atoms with Crippen LogP contribution in [-0.4, -0.2) is 55.7 Å². The quantitative estimate of drug-likeness (QED) is 0.794. The second-order valence-corrected chi connectivity index (χ2v) is 5.86. The van der Waals surface area contributed by atoms with Gasteiger partial charge in [-0.25, -0.2) is 0 Å². The SMILES string of the molecule is CC(C)Oc1ccc(CCNC(=O)C2OCCN(C)C2=O)cc1. The highest BCUT2D eigenvalue weighted by molar-refractivity contribution is 6.03. The molecule has 1 fully saturated rings. The largest absolute Gasteiger partial charge is 0.491 e. The van der Waals surface area contributed by atoms with Gasteiger partial charge in [-0.2, -0.15) is 0 Å². The van der Waals surface area contributed by atoms with E-state index < -0.39 is 6.10 Å². The topological polar surface area (TPSA) is 67.9 Å². The van der Waals surface area contributed by atoms with E-state index >= 15 is 0 Å². The zero-order valence-corrected chi connectivity index (χ0v) is 13.9. The number of ether oxygens (including phenoxy) is 2. The fourth-order valence-corrected chi connectivity index (χ4v) is 2.31. The molecule has 6 nitrogen and oxygen atoms in total. The van der Waals surface area contributed by atoms with Crippen molar-refractivity contribution >= 4 is 11.8 Å². The highest BCUT2D eigenvalue weighted by Crippen LogP contribution is 2.14. The number of carbonyl (C=O) groups excluding carboxylic acids is 2. The molecule has 0 radical (unpaired) electrons. The summed E-state index contributed by atoms with van der Waals surface area (Å²) in [5.74, 6) is 0.169. The normalized spacial score (nSPS) is 18.2. The van der Waals surface area contributed by atoms with Crippen molar-refractivity contribution in [2.75, 3.05) is 26.7 Å². The van der Waals surface area contributed by atoms with Crippen molar-refractivity contribution in [3.05, 3.63) is 29.8 Å². The van der Waals surface area contributed by atoms with Gasteiger partial charge in [0.25, 0.3) is 11.8 Å². The summed E-state index contributed by atoms with van der Waals surface area (Å²) in [6.07, 6.45) is -0.188. The third-order valence-electron chi connectivity index (χ3n) is 3.56. The second kappa shape index (κ2) is 7.97. The lowest BCUT2D eigenvalue weighted by molar-refractivity contribution is -0.158. The number of nitrogens with zero attached hydrogens (tertiary/aromatic N) is 1. The molecule has 1 N–H and O–H groups in total. The molecule has 1 aromatic carbocycles. The lowest BCUT2D eigenvalue weighted by atomic mass is 10.1. The van der Waals surface area contributed by atoms with Gasteiger partial charge in [0.2, 0.25) is 6.10 Å². The molecule has 1 atom stereocenters. The maximum Gasteiger partial charge on any atom is 0.261 e. The Bertz CT molecular complexity index is 542. The number of hydrogen-bond donors (Lipinski definition) is 1. The molecule has 126 valence electrons. The summed E-state index contributed by atoms with van der Waals surface area (Å²) in [6, 6.07) is 7.78. The number of benzene rings is 1. The van der Waals surface area contributed by atoms with E-state index in [-0.39, 0.29) is 17.9 Å². The smallest absolute Gasteiger partial charge is 0.261 e. The molecule has 0 aliphatic carbocycles. The number of amides is 2. The zero-order valence-electron chi connectivity index (χ0n) is 13.9. The van der Waals surface area contributed by atoms with E-state index in [0.717, 1.165) is 11.3 Å². The van der Waals surface area contributed by atoms with Crippen LogP contribution in [-0.2, 0) is 20.7 Å². The van der Waals surface area contributed by atoms with Crippen LogP contribution in [0.5, 0.6) is 5.75 Å². The third-order valence-corrected chi connectivity index (χ3v) is 3.56. The standard InChI is InChI=1S/C17H24N2O4/c1-12(2)23-14-6-4-13(5-7-14)8-9-18-16(20)15-17(21)19(3)10-11-22-15/h4-7,12,15H,8-11H2,1-3H3,(H,18,20). The zero-order chi connectivity index (χ0) is 16.8. The van der Waals surface area contributed by atoms with E-state index in [2.05, 4.69) is 5.32 Å². The first-order valence-corrected chi connectivity index (χ1v) is 7.87. The van der Waals surface area contributed by atoms with E-state index in [4.69, 9.17) is 9.47 Å². The van der Waals surface area contributed by atoms with Gasteiger partial charge in [-0.15, -0.1) is 0 Å². The summed E-state index contributed by atoms with van der Waals surface area (Å²) in [4.78, 5) is 25.4. The molecule has 1 saturated heterocycles. The molecular weight excluding hydrogens is 296 g/mol. The molecule has 2 amide bonds. The highest BCUT2D eigenvalue weighted by Gasteiger charge is 2.33. The van der Waals surface area contributed by atoms with Gasteiger partial charge in [0.05, 0.1) is 12.7 Å². The Balaban J connectivity index is 1.78. The molecule has 0 bridgehead atoms. The fraction of sp³-hybridized carbons (Fsp3) is 0.529. The van der Waals surface area contributed by atoms with Gasteiger partial charge in [0, 0.05) is 20.1 Å². The molecule has 1 aromatic rings. The Labute approximate surface area is 136 Å². The minimum Gasteiger partial charge on any atom is -0.491 e. The van der Waals surface area contributed by atoms with E-state index in [1.807, 2.05) is 38.1 Å². The van der Waals surface area contributed by atoms with Crippen LogP contribution in [0.3, 0.4) is 0 Å². The Morgan fingerprint density at radius 3 is 2.74 bits per heavy atom. The summed E-state index contributed by atoms with van der Waals surface area (Å²) in [5, 5.41) is 2.76. The predicted octanol–water partition coefficient (Wildman–Crippen LogP) is 0.990. The van der Waals surface area contributed by atoms with Gasteiger partial charge in [-0.3, -0.25) is 9.59 Å². The number of hydrogen-bond acceptors (Lipinski definition) is 4. The van der Waals surface area contributed by atoms with Gasteiger partial charge in [0.15, 0.2) is 0 Å². The van der Waals surface area contributed by atoms with Crippen LogP contribution in [0.15, 0.2) is 24.3 Å². The monoisotopic (exact) mass is 320 g/mol. The molecule has 1 aliphatic heterocycles. The van der Waals surface area contributed by atoms with E-state index in [0.29, 0.717) is 26.1 Å². The number of likely N-dealkylation sites (N-methyl/N-ethyl adjacent to an activating group) is 1. The van der Waals surface area contributed by atoms with Gasteiger partial charge >= 0.3 is 0 Å². The van der Waals surface area contributed by atoms with Crippen LogP contribution >= 0.6 is 0 Å². The summed E-state index contributed by atoms with van der Waals surface area (Å²) < 4.78 is 10.8. The van der Waals surface area contributed by atoms with Crippen molar-refractivity contribution in [3.8, 4) is 5.75 Å². The third kappa shape index (κ3) is 4.96. The molecule has 6 heteroatoms. The number of rotatable bonds is 6. The van der Waals surface area contributed by atoms with Crippen molar-refractivity contribution in [3.63, 3.8) is 0 Å². The van der Waals surface area contributed by atoms with Gasteiger partial charge < -0.3 is 19.7 Å². The number of carbonyl (C=O) groups is 2. The maximum absolute atomic E-state index is 12.0.